The van der Waals surface area contributed by atoms with Crippen LogP contribution in [0.3, 0.4) is 0 Å². The van der Waals surface area contributed by atoms with Gasteiger partial charge in [0.2, 0.25) is 0 Å². The molecular weight excluding hydrogens is 228 g/mol. The second-order valence-electron chi connectivity index (χ2n) is 4.23. The summed E-state index contributed by atoms with van der Waals surface area (Å²) in [5, 5.41) is 1.83. The zero-order valence-corrected chi connectivity index (χ0v) is 11.0. The van der Waals surface area contributed by atoms with E-state index in [9.17, 15) is 0 Å². The van der Waals surface area contributed by atoms with Crippen LogP contribution in [-0.4, -0.2) is 24.1 Å². The lowest BCUT2D eigenvalue weighted by Gasteiger charge is -2.12. The van der Waals surface area contributed by atoms with Crippen LogP contribution >= 0.6 is 11.8 Å². The Bertz CT molecular complexity index is 420. The Labute approximate surface area is 107 Å². The number of nitrogens with zero attached hydrogens (tertiary/aromatic N) is 2. The number of benzene rings is 1. The van der Waals surface area contributed by atoms with E-state index in [0.29, 0.717) is 0 Å². The second-order valence-corrected chi connectivity index (χ2v) is 5.52. The summed E-state index contributed by atoms with van der Waals surface area (Å²) in [5.41, 5.74) is 2.04. The van der Waals surface area contributed by atoms with Gasteiger partial charge in [0, 0.05) is 17.9 Å². The number of thioether (sulfide) groups is 1. The predicted molar refractivity (Wildman–Crippen MR) is 78.0 cm³/mol. The molecule has 1 aromatic rings. The third-order valence-corrected chi connectivity index (χ3v) is 4.52. The molecule has 0 unspecified atom stereocenters. The minimum atomic E-state index is 0.728. The molecule has 2 nitrogen and oxygen atoms in total. The first kappa shape index (κ1) is 12.4. The number of hydrogen-bond acceptors (Lipinski definition) is 3. The van der Waals surface area contributed by atoms with Gasteiger partial charge < -0.3 is 0 Å². The first-order valence-electron chi connectivity index (χ1n) is 6.04. The summed E-state index contributed by atoms with van der Waals surface area (Å²) in [7, 11) is 1.86. The smallest absolute Gasteiger partial charge is 0.0997 e. The predicted octanol–water partition coefficient (Wildman–Crippen LogP) is 4.07. The van der Waals surface area contributed by atoms with E-state index < -0.39 is 0 Å². The third-order valence-electron chi connectivity index (χ3n) is 3.09. The molecule has 0 heterocycles. The molecule has 90 valence electrons. The summed E-state index contributed by atoms with van der Waals surface area (Å²) in [6, 6.07) is 8.09. The van der Waals surface area contributed by atoms with E-state index in [1.165, 1.54) is 25.7 Å². The minimum absolute atomic E-state index is 0.728. The Balaban J connectivity index is 2.19. The lowest BCUT2D eigenvalue weighted by atomic mass is 10.2. The van der Waals surface area contributed by atoms with E-state index in [1.54, 1.807) is 0 Å². The van der Waals surface area contributed by atoms with Gasteiger partial charge in [-0.25, -0.2) is 0 Å². The van der Waals surface area contributed by atoms with Gasteiger partial charge in [-0.2, -0.15) is 0 Å². The first-order valence-corrected chi connectivity index (χ1v) is 6.92. The molecule has 0 aromatic heterocycles. The van der Waals surface area contributed by atoms with Crippen LogP contribution in [0.2, 0.25) is 0 Å². The molecule has 0 saturated heterocycles. The molecule has 0 spiro atoms. The van der Waals surface area contributed by atoms with Crippen molar-refractivity contribution in [2.75, 3.05) is 7.05 Å². The van der Waals surface area contributed by atoms with Crippen LogP contribution in [0.25, 0.3) is 0 Å². The summed E-state index contributed by atoms with van der Waals surface area (Å²) < 4.78 is 0. The highest BCUT2D eigenvalue weighted by Crippen LogP contribution is 2.34. The van der Waals surface area contributed by atoms with Gasteiger partial charge in [-0.15, -0.1) is 11.8 Å². The van der Waals surface area contributed by atoms with Crippen LogP contribution < -0.4 is 0 Å². The monoisotopic (exact) mass is 246 g/mol. The van der Waals surface area contributed by atoms with Crippen molar-refractivity contribution in [3.63, 3.8) is 0 Å². The molecule has 1 aliphatic rings. The number of aliphatic imine (C=N–C) groups is 2. The lowest BCUT2D eigenvalue weighted by Crippen LogP contribution is -2.04. The van der Waals surface area contributed by atoms with Crippen molar-refractivity contribution >= 4 is 29.2 Å². The van der Waals surface area contributed by atoms with Gasteiger partial charge in [-0.3, -0.25) is 9.98 Å². The zero-order valence-electron chi connectivity index (χ0n) is 10.2. The van der Waals surface area contributed by atoms with Gasteiger partial charge in [0.25, 0.3) is 0 Å². The minimum Gasteiger partial charge on any atom is -0.281 e. The van der Waals surface area contributed by atoms with Crippen molar-refractivity contribution in [3.05, 3.63) is 29.8 Å². The van der Waals surface area contributed by atoms with E-state index in [2.05, 4.69) is 22.8 Å². The zero-order chi connectivity index (χ0) is 12.1. The van der Waals surface area contributed by atoms with E-state index in [-0.39, 0.29) is 0 Å². The van der Waals surface area contributed by atoms with Crippen molar-refractivity contribution in [1.29, 1.82) is 0 Å². The summed E-state index contributed by atoms with van der Waals surface area (Å²) >= 11 is 1.90. The third kappa shape index (κ3) is 2.97. The Hall–Kier alpha value is -1.09. The molecule has 2 rings (SSSR count). The van der Waals surface area contributed by atoms with Crippen LogP contribution in [0.4, 0.5) is 5.69 Å². The largest absolute Gasteiger partial charge is 0.281 e. The molecule has 0 radical (unpaired) electrons. The highest BCUT2D eigenvalue weighted by Gasteiger charge is 2.19. The average Bonchev–Trinajstić information content (AvgIpc) is 2.89. The quantitative estimate of drug-likeness (QED) is 0.583. The molecule has 0 aliphatic heterocycles. The Morgan fingerprint density at radius 1 is 1.29 bits per heavy atom. The molecule has 0 bridgehead atoms. The van der Waals surface area contributed by atoms with Crippen molar-refractivity contribution < 1.29 is 0 Å². The maximum atomic E-state index is 4.42. The molecule has 1 aliphatic carbocycles. The molecule has 0 atom stereocenters. The normalized spacial score (nSPS) is 17.4. The van der Waals surface area contributed by atoms with E-state index in [1.807, 2.05) is 37.0 Å². The number of hydrogen-bond donors (Lipinski definition) is 0. The molecule has 17 heavy (non-hydrogen) atoms. The average molecular weight is 246 g/mol. The lowest BCUT2D eigenvalue weighted by molar-refractivity contribution is 0.886. The molecular formula is C14H18N2S. The van der Waals surface area contributed by atoms with Crippen molar-refractivity contribution in [1.82, 2.24) is 0 Å². The van der Waals surface area contributed by atoms with E-state index in [4.69, 9.17) is 0 Å². The van der Waals surface area contributed by atoms with Crippen molar-refractivity contribution in [2.45, 2.75) is 30.9 Å². The topological polar surface area (TPSA) is 24.7 Å². The van der Waals surface area contributed by atoms with Gasteiger partial charge in [0.15, 0.2) is 0 Å². The number of rotatable bonds is 3. The van der Waals surface area contributed by atoms with Gasteiger partial charge in [-0.1, -0.05) is 31.0 Å². The first-order chi connectivity index (χ1) is 8.35. The van der Waals surface area contributed by atoms with Crippen LogP contribution in [0, 0.1) is 0 Å². The van der Waals surface area contributed by atoms with E-state index in [0.717, 1.165) is 21.5 Å². The maximum Gasteiger partial charge on any atom is 0.0997 e. The molecule has 0 amide bonds. The molecule has 0 N–H and O–H groups in total. The summed E-state index contributed by atoms with van der Waals surface area (Å²) in [6.07, 6.45) is 5.34. The Morgan fingerprint density at radius 2 is 2.00 bits per heavy atom. The standard InChI is InChI=1S/C14H18N2S/c1-15-13-10-6-5-9-12(13)14(16-2)17-11-7-3-4-8-11/h5-6,9-11H,1,3-4,7-8H2,2H3/b16-14+. The Kier molecular flexibility index (Phi) is 4.37. The molecule has 1 saturated carbocycles. The van der Waals surface area contributed by atoms with Crippen molar-refractivity contribution in [2.24, 2.45) is 9.98 Å². The molecule has 1 aromatic carbocycles. The van der Waals surface area contributed by atoms with Gasteiger partial charge in [0.1, 0.15) is 0 Å². The second kappa shape index (κ2) is 6.01. The van der Waals surface area contributed by atoms with Gasteiger partial charge >= 0.3 is 0 Å². The number of para-hydroxylation sites is 1. The van der Waals surface area contributed by atoms with Gasteiger partial charge in [-0.05, 0) is 25.6 Å². The van der Waals surface area contributed by atoms with Gasteiger partial charge in [0.05, 0.1) is 10.7 Å². The fourth-order valence-electron chi connectivity index (χ4n) is 2.19. The van der Waals surface area contributed by atoms with Crippen LogP contribution in [0.5, 0.6) is 0 Å². The highest BCUT2D eigenvalue weighted by atomic mass is 32.2. The van der Waals surface area contributed by atoms with Crippen LogP contribution in [-0.2, 0) is 0 Å². The SMILES string of the molecule is C=Nc1ccccc1/C(=N\C)SC1CCCC1. The molecule has 1 fully saturated rings. The highest BCUT2D eigenvalue weighted by molar-refractivity contribution is 8.15. The van der Waals surface area contributed by atoms with Crippen molar-refractivity contribution in [3.8, 4) is 0 Å². The summed E-state index contributed by atoms with van der Waals surface area (Å²) in [5.74, 6) is 0. The summed E-state index contributed by atoms with van der Waals surface area (Å²) in [6.45, 7) is 3.63. The Morgan fingerprint density at radius 3 is 2.65 bits per heavy atom. The van der Waals surface area contributed by atoms with E-state index >= 15 is 0 Å². The molecule has 3 heteroatoms. The summed E-state index contributed by atoms with van der Waals surface area (Å²) in [4.78, 5) is 8.49. The van der Waals surface area contributed by atoms with Crippen LogP contribution in [0.15, 0.2) is 34.3 Å². The fraction of sp³-hybridized carbons (Fsp3) is 0.429. The maximum absolute atomic E-state index is 4.42. The van der Waals surface area contributed by atoms with Crippen LogP contribution in [0.1, 0.15) is 31.2 Å². The fourth-order valence-corrected chi connectivity index (χ4v) is 3.48.